The molecule has 0 aromatic heterocycles. The molecule has 5 heteroatoms. The van der Waals surface area contributed by atoms with E-state index in [1.807, 2.05) is 18.2 Å². The minimum atomic E-state index is -0.895. The number of aliphatic carboxylic acids is 1. The van der Waals surface area contributed by atoms with Crippen LogP contribution in [0.3, 0.4) is 0 Å². The number of hydrogen-bond donors (Lipinski definition) is 2. The van der Waals surface area contributed by atoms with E-state index in [1.54, 1.807) is 0 Å². The Labute approximate surface area is 114 Å². The van der Waals surface area contributed by atoms with E-state index in [0.29, 0.717) is 6.10 Å². The van der Waals surface area contributed by atoms with Gasteiger partial charge in [0.2, 0.25) is 0 Å². The molecule has 0 spiro atoms. The smallest absolute Gasteiger partial charge is 0.305 e. The van der Waals surface area contributed by atoms with Crippen molar-refractivity contribution in [1.29, 1.82) is 0 Å². The molecule has 3 N–H and O–H groups in total. The first-order valence-electron chi connectivity index (χ1n) is 5.99. The van der Waals surface area contributed by atoms with Crippen LogP contribution in [0.5, 0.6) is 5.75 Å². The normalized spacial score (nSPS) is 17.0. The van der Waals surface area contributed by atoms with Gasteiger partial charge < -0.3 is 15.6 Å². The summed E-state index contributed by atoms with van der Waals surface area (Å²) < 4.78 is 6.62. The molecule has 1 atom stereocenters. The van der Waals surface area contributed by atoms with Crippen molar-refractivity contribution >= 4 is 21.9 Å². The second-order valence-corrected chi connectivity index (χ2v) is 5.42. The van der Waals surface area contributed by atoms with Crippen molar-refractivity contribution in [2.24, 2.45) is 5.73 Å². The van der Waals surface area contributed by atoms with Gasteiger partial charge in [-0.05, 0) is 52.9 Å². The lowest BCUT2D eigenvalue weighted by Gasteiger charge is -2.27. The van der Waals surface area contributed by atoms with Crippen LogP contribution < -0.4 is 10.5 Å². The van der Waals surface area contributed by atoms with Crippen molar-refractivity contribution in [3.8, 4) is 5.75 Å². The number of nitrogens with two attached hydrogens (primary N) is 1. The van der Waals surface area contributed by atoms with E-state index in [0.717, 1.165) is 28.6 Å². The number of ether oxygens (including phenoxy) is 1. The lowest BCUT2D eigenvalue weighted by molar-refractivity contribution is -0.137. The highest BCUT2D eigenvalue weighted by Gasteiger charge is 2.20. The molecule has 0 heterocycles. The van der Waals surface area contributed by atoms with Crippen LogP contribution >= 0.6 is 15.9 Å². The van der Waals surface area contributed by atoms with E-state index in [1.165, 1.54) is 6.42 Å². The second-order valence-electron chi connectivity index (χ2n) is 4.56. The van der Waals surface area contributed by atoms with Crippen molar-refractivity contribution in [2.45, 2.75) is 37.8 Å². The Kier molecular flexibility index (Phi) is 4.24. The third-order valence-electron chi connectivity index (χ3n) is 3.12. The zero-order valence-corrected chi connectivity index (χ0v) is 11.5. The van der Waals surface area contributed by atoms with Crippen molar-refractivity contribution in [2.75, 3.05) is 0 Å². The largest absolute Gasteiger partial charge is 0.489 e. The summed E-state index contributed by atoms with van der Waals surface area (Å²) in [7, 11) is 0. The Hall–Kier alpha value is -1.07. The van der Waals surface area contributed by atoms with Gasteiger partial charge in [-0.25, -0.2) is 0 Å². The van der Waals surface area contributed by atoms with E-state index in [-0.39, 0.29) is 6.42 Å². The van der Waals surface area contributed by atoms with Crippen molar-refractivity contribution in [3.05, 3.63) is 28.2 Å². The molecule has 4 nitrogen and oxygen atoms in total. The highest BCUT2D eigenvalue weighted by atomic mass is 79.9. The van der Waals surface area contributed by atoms with Gasteiger partial charge in [0.15, 0.2) is 0 Å². The molecule has 1 aliphatic rings. The van der Waals surface area contributed by atoms with Gasteiger partial charge in [0.1, 0.15) is 5.75 Å². The number of hydrogen-bond acceptors (Lipinski definition) is 3. The summed E-state index contributed by atoms with van der Waals surface area (Å²) in [5, 5.41) is 8.71. The first-order chi connectivity index (χ1) is 8.56. The summed E-state index contributed by atoms with van der Waals surface area (Å²) in [4.78, 5) is 10.6. The molecule has 1 aromatic rings. The summed E-state index contributed by atoms with van der Waals surface area (Å²) in [6.45, 7) is 0. The van der Waals surface area contributed by atoms with Crippen LogP contribution in [0.2, 0.25) is 0 Å². The van der Waals surface area contributed by atoms with E-state index in [4.69, 9.17) is 15.6 Å². The first-order valence-corrected chi connectivity index (χ1v) is 6.79. The van der Waals surface area contributed by atoms with Crippen LogP contribution in [0, 0.1) is 0 Å². The molecular weight excluding hydrogens is 298 g/mol. The third-order valence-corrected chi connectivity index (χ3v) is 3.74. The first kappa shape index (κ1) is 13.4. The van der Waals surface area contributed by atoms with E-state index in [9.17, 15) is 4.79 Å². The average molecular weight is 314 g/mol. The lowest BCUT2D eigenvalue weighted by atomic mass is 9.96. The molecule has 98 valence electrons. The van der Waals surface area contributed by atoms with Crippen LogP contribution in [0.15, 0.2) is 22.7 Å². The van der Waals surface area contributed by atoms with Gasteiger partial charge in [-0.2, -0.15) is 0 Å². The summed E-state index contributed by atoms with van der Waals surface area (Å²) >= 11 is 3.44. The molecule has 1 aliphatic carbocycles. The molecular formula is C13H16BrNO3. The van der Waals surface area contributed by atoms with Gasteiger partial charge in [0.05, 0.1) is 17.0 Å². The molecule has 2 rings (SSSR count). The Bertz CT molecular complexity index is 446. The van der Waals surface area contributed by atoms with Crippen LogP contribution in [-0.2, 0) is 4.79 Å². The summed E-state index contributed by atoms with van der Waals surface area (Å²) in [6.07, 6.45) is 3.68. The maximum absolute atomic E-state index is 10.6. The minimum Gasteiger partial charge on any atom is -0.489 e. The van der Waals surface area contributed by atoms with Gasteiger partial charge in [-0.1, -0.05) is 6.07 Å². The quantitative estimate of drug-likeness (QED) is 0.876. The van der Waals surface area contributed by atoms with E-state index >= 15 is 0 Å². The van der Waals surface area contributed by atoms with Gasteiger partial charge in [-0.15, -0.1) is 0 Å². The van der Waals surface area contributed by atoms with E-state index < -0.39 is 12.0 Å². The monoisotopic (exact) mass is 313 g/mol. The maximum Gasteiger partial charge on any atom is 0.305 e. The van der Waals surface area contributed by atoms with Crippen molar-refractivity contribution < 1.29 is 14.6 Å². The SMILES string of the molecule is NC(CC(=O)O)c1ccc(OC2CCC2)c(Br)c1. The number of benzene rings is 1. The summed E-state index contributed by atoms with van der Waals surface area (Å²) in [5.74, 6) is -0.0978. The Morgan fingerprint density at radius 2 is 2.28 bits per heavy atom. The predicted molar refractivity (Wildman–Crippen MR) is 71.6 cm³/mol. The minimum absolute atomic E-state index is 0.0741. The van der Waals surface area contributed by atoms with Crippen molar-refractivity contribution in [3.63, 3.8) is 0 Å². The average Bonchev–Trinajstić information content (AvgIpc) is 2.23. The molecule has 0 saturated heterocycles. The standard InChI is InChI=1S/C13H16BrNO3/c14-10-6-8(11(15)7-13(16)17)4-5-12(10)18-9-2-1-3-9/h4-6,9,11H,1-3,7,15H2,(H,16,17). The molecule has 0 radical (unpaired) electrons. The molecule has 18 heavy (non-hydrogen) atoms. The molecule has 0 bridgehead atoms. The molecule has 1 unspecified atom stereocenters. The fraction of sp³-hybridized carbons (Fsp3) is 0.462. The van der Waals surface area contributed by atoms with Crippen molar-refractivity contribution in [1.82, 2.24) is 0 Å². The lowest BCUT2D eigenvalue weighted by Crippen LogP contribution is -2.24. The third kappa shape index (κ3) is 3.23. The maximum atomic E-state index is 10.6. The van der Waals surface area contributed by atoms with Gasteiger partial charge in [-0.3, -0.25) is 4.79 Å². The van der Waals surface area contributed by atoms with Crippen LogP contribution in [-0.4, -0.2) is 17.2 Å². The Morgan fingerprint density at radius 1 is 1.56 bits per heavy atom. The number of rotatable bonds is 5. The predicted octanol–water partition coefficient (Wildman–Crippen LogP) is 2.85. The summed E-state index contributed by atoms with van der Waals surface area (Å²) in [6, 6.07) is 5.02. The number of carboxylic acid groups (broad SMARTS) is 1. The second kappa shape index (κ2) is 5.71. The molecule has 0 aliphatic heterocycles. The Balaban J connectivity index is 2.05. The molecule has 1 aromatic carbocycles. The number of carbonyl (C=O) groups is 1. The zero-order valence-electron chi connectivity index (χ0n) is 9.93. The number of carboxylic acids is 1. The van der Waals surface area contributed by atoms with Gasteiger partial charge in [0, 0.05) is 6.04 Å². The zero-order chi connectivity index (χ0) is 13.1. The van der Waals surface area contributed by atoms with Crippen LogP contribution in [0.25, 0.3) is 0 Å². The van der Waals surface area contributed by atoms with Crippen LogP contribution in [0.1, 0.15) is 37.3 Å². The molecule has 0 amide bonds. The molecule has 1 fully saturated rings. The summed E-state index contributed by atoms with van der Waals surface area (Å²) in [5.41, 5.74) is 6.61. The fourth-order valence-corrected chi connectivity index (χ4v) is 2.31. The fourth-order valence-electron chi connectivity index (χ4n) is 1.82. The van der Waals surface area contributed by atoms with Crippen LogP contribution in [0.4, 0.5) is 0 Å². The highest BCUT2D eigenvalue weighted by Crippen LogP contribution is 2.32. The Morgan fingerprint density at radius 3 is 2.78 bits per heavy atom. The highest BCUT2D eigenvalue weighted by molar-refractivity contribution is 9.10. The van der Waals surface area contributed by atoms with Gasteiger partial charge >= 0.3 is 5.97 Å². The van der Waals surface area contributed by atoms with Gasteiger partial charge in [0.25, 0.3) is 0 Å². The topological polar surface area (TPSA) is 72.6 Å². The number of halogens is 1. The molecule has 1 saturated carbocycles. The van der Waals surface area contributed by atoms with E-state index in [2.05, 4.69) is 15.9 Å².